The third-order valence-electron chi connectivity index (χ3n) is 6.67. The molecule has 40 heavy (non-hydrogen) atoms. The van der Waals surface area contributed by atoms with Crippen LogP contribution in [0.15, 0.2) is 46.4 Å². The maximum atomic E-state index is 14.1. The normalized spacial score (nSPS) is 17.3. The number of benzene rings is 2. The number of hydrogen-bond donors (Lipinski definition) is 0. The number of carbonyl (C=O) groups excluding carboxylic acids is 1. The van der Waals surface area contributed by atoms with Gasteiger partial charge in [0.25, 0.3) is 11.7 Å². The van der Waals surface area contributed by atoms with Crippen molar-refractivity contribution in [1.82, 2.24) is 14.2 Å². The third-order valence-corrected chi connectivity index (χ3v) is 8.37. The standard InChI is InChI=1S/C25H27BClF3N4O2S.C3H8/c1-4-34(37(36)19-7-5-16(2)6-8-19)31-22(21-17(3)13-18(28)14-20(21)27)33-12-11-32(15-24(33)9-10-24)23(35)25(26,29)30;1-3-2/h5-8,13-14H,4,9-12,15H2,1-3H3;3H2,1-2H3/b31-22+;. The number of rotatable bonds is 6. The van der Waals surface area contributed by atoms with E-state index >= 15 is 0 Å². The minimum absolute atomic E-state index is 0.0164. The minimum atomic E-state index is -3.96. The van der Waals surface area contributed by atoms with Crippen molar-refractivity contribution >= 4 is 42.2 Å². The second kappa shape index (κ2) is 13.0. The molecule has 0 N–H and O–H groups in total. The molecule has 1 atom stereocenters. The quantitative estimate of drug-likeness (QED) is 0.188. The van der Waals surface area contributed by atoms with Gasteiger partial charge in [-0.05, 0) is 63.4 Å². The maximum absolute atomic E-state index is 14.1. The molecular formula is C28H35BClF3N4O2S. The molecule has 1 aliphatic heterocycles. The highest BCUT2D eigenvalue weighted by molar-refractivity contribution is 7.82. The summed E-state index contributed by atoms with van der Waals surface area (Å²) in [6, 6.07) is 9.75. The number of amidine groups is 1. The Morgan fingerprint density at radius 2 is 1.75 bits per heavy atom. The first kappa shape index (κ1) is 32.0. The van der Waals surface area contributed by atoms with Crippen LogP contribution in [0.4, 0.5) is 13.2 Å². The van der Waals surface area contributed by atoms with E-state index in [0.717, 1.165) is 10.5 Å². The molecule has 6 nitrogen and oxygen atoms in total. The van der Waals surface area contributed by atoms with Gasteiger partial charge in [0, 0.05) is 31.7 Å². The van der Waals surface area contributed by atoms with Crippen molar-refractivity contribution in [1.29, 1.82) is 0 Å². The van der Waals surface area contributed by atoms with E-state index in [2.05, 4.69) is 13.8 Å². The van der Waals surface area contributed by atoms with Crippen LogP contribution in [0.25, 0.3) is 0 Å². The van der Waals surface area contributed by atoms with E-state index in [9.17, 15) is 22.2 Å². The Labute approximate surface area is 243 Å². The lowest BCUT2D eigenvalue weighted by molar-refractivity contribution is -0.149. The summed E-state index contributed by atoms with van der Waals surface area (Å²) < 4.78 is 56.2. The van der Waals surface area contributed by atoms with Crippen LogP contribution in [-0.2, 0) is 15.8 Å². The van der Waals surface area contributed by atoms with Crippen molar-refractivity contribution in [3.8, 4) is 0 Å². The van der Waals surface area contributed by atoms with E-state index in [0.29, 0.717) is 34.7 Å². The topological polar surface area (TPSA) is 56.2 Å². The predicted molar refractivity (Wildman–Crippen MR) is 155 cm³/mol. The second-order valence-corrected chi connectivity index (χ2v) is 12.0. The van der Waals surface area contributed by atoms with Crippen molar-refractivity contribution in [3.63, 3.8) is 0 Å². The molecule has 216 valence electrons. The second-order valence-electron chi connectivity index (χ2n) is 10.2. The molecule has 2 fully saturated rings. The van der Waals surface area contributed by atoms with E-state index in [1.54, 1.807) is 26.0 Å². The summed E-state index contributed by atoms with van der Waals surface area (Å²) in [4.78, 5) is 15.8. The summed E-state index contributed by atoms with van der Waals surface area (Å²) in [6.45, 7) is 10.1. The van der Waals surface area contributed by atoms with E-state index in [-0.39, 0.29) is 31.2 Å². The minimum Gasteiger partial charge on any atom is -0.345 e. The zero-order valence-electron chi connectivity index (χ0n) is 23.5. The molecule has 1 saturated heterocycles. The molecule has 1 spiro atoms. The average Bonchev–Trinajstić information content (AvgIpc) is 3.64. The average molecular weight is 595 g/mol. The van der Waals surface area contributed by atoms with E-state index in [1.165, 1.54) is 23.0 Å². The van der Waals surface area contributed by atoms with Crippen LogP contribution < -0.4 is 0 Å². The number of nitrogens with zero attached hydrogens (tertiary/aromatic N) is 4. The van der Waals surface area contributed by atoms with Crippen LogP contribution in [-0.4, -0.2) is 75.6 Å². The van der Waals surface area contributed by atoms with Crippen molar-refractivity contribution in [2.24, 2.45) is 5.10 Å². The van der Waals surface area contributed by atoms with Crippen molar-refractivity contribution in [2.75, 3.05) is 26.2 Å². The largest absolute Gasteiger partial charge is 0.345 e. The lowest BCUT2D eigenvalue weighted by Crippen LogP contribution is -2.61. The highest BCUT2D eigenvalue weighted by atomic mass is 35.5. The fourth-order valence-electron chi connectivity index (χ4n) is 4.60. The fraction of sp³-hybridized carbons (Fsp3) is 0.500. The van der Waals surface area contributed by atoms with E-state index in [4.69, 9.17) is 24.5 Å². The molecule has 1 heterocycles. The smallest absolute Gasteiger partial charge is 0.281 e. The molecule has 0 bridgehead atoms. The zero-order valence-corrected chi connectivity index (χ0v) is 25.1. The van der Waals surface area contributed by atoms with Crippen molar-refractivity contribution < 1.29 is 22.2 Å². The van der Waals surface area contributed by atoms with Crippen molar-refractivity contribution in [3.05, 3.63) is 63.9 Å². The number of hydrogen-bond acceptors (Lipinski definition) is 3. The Kier molecular flexibility index (Phi) is 10.4. The van der Waals surface area contributed by atoms with Crippen LogP contribution >= 0.6 is 11.6 Å². The maximum Gasteiger partial charge on any atom is 0.281 e. The first-order valence-corrected chi connectivity index (χ1v) is 14.8. The fourth-order valence-corrected chi connectivity index (χ4v) is 5.93. The molecule has 12 heteroatoms. The van der Waals surface area contributed by atoms with Gasteiger partial charge in [0.15, 0.2) is 24.7 Å². The molecule has 2 aliphatic rings. The van der Waals surface area contributed by atoms with Crippen LogP contribution in [0.1, 0.15) is 56.7 Å². The SMILES string of the molecule is CCC.[B]C(F)(F)C(=O)N1CCN(/C(=N/N(CC)S(=O)c2ccc(C)cc2)c2c(C)cc(F)cc2Cl)C2(CC2)C1. The number of aryl methyl sites for hydroxylation is 2. The van der Waals surface area contributed by atoms with Gasteiger partial charge < -0.3 is 9.80 Å². The number of hydrazone groups is 1. The van der Waals surface area contributed by atoms with Gasteiger partial charge >= 0.3 is 0 Å². The first-order chi connectivity index (χ1) is 18.8. The molecule has 2 radical (unpaired) electrons. The summed E-state index contributed by atoms with van der Waals surface area (Å²) >= 11 is 6.52. The van der Waals surface area contributed by atoms with Gasteiger partial charge in [0.1, 0.15) is 5.82 Å². The summed E-state index contributed by atoms with van der Waals surface area (Å²) in [7, 11) is 3.13. The Morgan fingerprint density at radius 1 is 1.15 bits per heavy atom. The number of amides is 1. The summed E-state index contributed by atoms with van der Waals surface area (Å²) in [5, 5.41) is 4.91. The van der Waals surface area contributed by atoms with Gasteiger partial charge in [0.2, 0.25) is 0 Å². The summed E-state index contributed by atoms with van der Waals surface area (Å²) in [5.41, 5.74) is 1.33. The molecule has 1 aliphatic carbocycles. The lowest BCUT2D eigenvalue weighted by atomic mass is 9.96. The molecule has 0 aromatic heterocycles. The van der Waals surface area contributed by atoms with Gasteiger partial charge in [-0.3, -0.25) is 4.79 Å². The Bertz CT molecular complexity index is 1250. The highest BCUT2D eigenvalue weighted by Gasteiger charge is 2.55. The third kappa shape index (κ3) is 7.21. The molecule has 1 amide bonds. The van der Waals surface area contributed by atoms with Crippen LogP contribution in [0.5, 0.6) is 0 Å². The van der Waals surface area contributed by atoms with Crippen LogP contribution in [0.2, 0.25) is 5.02 Å². The van der Waals surface area contributed by atoms with Gasteiger partial charge in [-0.1, -0.05) is 49.6 Å². The Hall–Kier alpha value is -2.53. The van der Waals surface area contributed by atoms with E-state index < -0.39 is 34.1 Å². The summed E-state index contributed by atoms with van der Waals surface area (Å²) in [6.07, 6.45) is 2.49. The number of piperazine rings is 1. The van der Waals surface area contributed by atoms with Gasteiger partial charge in [-0.25, -0.2) is 21.8 Å². The molecule has 2 aromatic rings. The van der Waals surface area contributed by atoms with E-state index in [1.807, 2.05) is 24.0 Å². The number of alkyl halides is 2. The predicted octanol–water partition coefficient (Wildman–Crippen LogP) is 5.66. The molecule has 2 aromatic carbocycles. The Balaban J connectivity index is 0.00000141. The van der Waals surface area contributed by atoms with Crippen molar-refractivity contribution in [2.45, 2.75) is 70.1 Å². The summed E-state index contributed by atoms with van der Waals surface area (Å²) in [5.74, 6) is -5.55. The lowest BCUT2D eigenvalue weighted by Gasteiger charge is -2.45. The van der Waals surface area contributed by atoms with Gasteiger partial charge in [-0.2, -0.15) is 0 Å². The molecule has 1 unspecified atom stereocenters. The molecule has 4 rings (SSSR count). The monoisotopic (exact) mass is 594 g/mol. The zero-order chi connectivity index (χ0) is 29.8. The first-order valence-electron chi connectivity index (χ1n) is 13.3. The van der Waals surface area contributed by atoms with Gasteiger partial charge in [0.05, 0.1) is 15.5 Å². The number of halogens is 4. The van der Waals surface area contributed by atoms with Crippen LogP contribution in [0, 0.1) is 19.7 Å². The number of carbonyl (C=O) groups is 1. The van der Waals surface area contributed by atoms with Crippen LogP contribution in [0.3, 0.4) is 0 Å². The molecule has 1 saturated carbocycles. The Morgan fingerprint density at radius 3 is 2.25 bits per heavy atom. The van der Waals surface area contributed by atoms with Gasteiger partial charge in [-0.15, -0.1) is 5.10 Å². The highest BCUT2D eigenvalue weighted by Crippen LogP contribution is 2.46. The molecular weight excluding hydrogens is 560 g/mol.